The Hall–Kier alpha value is -3.65. The highest BCUT2D eigenvalue weighted by Gasteiger charge is 2.60. The van der Waals surface area contributed by atoms with Crippen LogP contribution < -0.4 is 20.4 Å². The number of halogens is 5. The maximum Gasteiger partial charge on any atom is 0.401 e. The number of alkyl halides is 3. The molecule has 2 amide bonds. The molecule has 16 heteroatoms. The molecule has 3 aromatic heterocycles. The van der Waals surface area contributed by atoms with Crippen LogP contribution in [0.4, 0.5) is 35.2 Å². The number of hydrogen-bond acceptors (Lipinski definition) is 8. The van der Waals surface area contributed by atoms with Crippen LogP contribution in [-0.4, -0.2) is 57.9 Å². The topological polar surface area (TPSA) is 133 Å². The number of nitrogens with zero attached hydrogens (tertiary/aromatic N) is 6. The Morgan fingerprint density at radius 3 is 2.77 bits per heavy atom. The number of amides is 2. The predicted octanol–water partition coefficient (Wildman–Crippen LogP) is 4.36. The van der Waals surface area contributed by atoms with Gasteiger partial charge in [0, 0.05) is 18.8 Å². The van der Waals surface area contributed by atoms with Crippen molar-refractivity contribution in [1.29, 1.82) is 5.41 Å². The molecule has 1 aliphatic heterocycles. The Balaban J connectivity index is 1.73. The maximum atomic E-state index is 14.2. The number of hydrazone groups is 1. The van der Waals surface area contributed by atoms with Crippen LogP contribution in [0.2, 0.25) is 10.2 Å². The number of ether oxygens (including phenoxy) is 1. The number of urea groups is 1. The number of carbonyl (C=O) groups excluding carboxylic acids is 1. The van der Waals surface area contributed by atoms with Gasteiger partial charge in [0.1, 0.15) is 11.1 Å². The molecule has 0 aromatic carbocycles. The van der Waals surface area contributed by atoms with Crippen LogP contribution in [0.5, 0.6) is 5.88 Å². The van der Waals surface area contributed by atoms with Crippen LogP contribution in [0.25, 0.3) is 5.65 Å². The van der Waals surface area contributed by atoms with Crippen molar-refractivity contribution >= 4 is 64.5 Å². The molecule has 4 heterocycles. The Kier molecular flexibility index (Phi) is 6.19. The number of fused-ring (bicyclic) bond motifs is 3. The van der Waals surface area contributed by atoms with E-state index in [2.05, 4.69) is 30.9 Å². The summed E-state index contributed by atoms with van der Waals surface area (Å²) in [4.78, 5) is 22.3. The van der Waals surface area contributed by atoms with Gasteiger partial charge in [0.05, 0.1) is 35.9 Å². The van der Waals surface area contributed by atoms with Crippen LogP contribution in [0.1, 0.15) is 12.6 Å². The lowest BCUT2D eigenvalue weighted by atomic mass is 9.88. The molecule has 1 aliphatic rings. The minimum Gasteiger partial charge on any atom is -0.479 e. The van der Waals surface area contributed by atoms with Gasteiger partial charge in [0.25, 0.3) is 0 Å². The number of rotatable bonds is 5. The van der Waals surface area contributed by atoms with E-state index in [1.165, 1.54) is 19.2 Å². The monoisotopic (exact) mass is 529 g/mol. The molecule has 1 atom stereocenters. The Morgan fingerprint density at radius 1 is 1.37 bits per heavy atom. The summed E-state index contributed by atoms with van der Waals surface area (Å²) in [5, 5.41) is 17.0. The first kappa shape index (κ1) is 24.5. The number of carbonyl (C=O) groups is 1. The number of nitrogens with one attached hydrogen (secondary N) is 3. The molecule has 0 saturated carbocycles. The average Bonchev–Trinajstić information content (AvgIpc) is 3.32. The summed E-state index contributed by atoms with van der Waals surface area (Å²) in [6.07, 6.45) is -1.50. The van der Waals surface area contributed by atoms with Gasteiger partial charge in [-0.15, -0.1) is 0 Å². The number of methoxy groups -OCH3 is 1. The first-order valence-corrected chi connectivity index (χ1v) is 10.5. The normalized spacial score (nSPS) is 17.6. The minimum absolute atomic E-state index is 0.00224. The summed E-state index contributed by atoms with van der Waals surface area (Å²) in [6.45, 7) is 0.236. The third-order valence-corrected chi connectivity index (χ3v) is 5.76. The molecule has 11 nitrogen and oxygen atoms in total. The number of pyridine rings is 1. The van der Waals surface area contributed by atoms with Crippen molar-refractivity contribution in [1.82, 2.24) is 19.6 Å². The van der Waals surface area contributed by atoms with Gasteiger partial charge in [-0.05, 0) is 13.0 Å². The summed E-state index contributed by atoms with van der Waals surface area (Å²) in [7, 11) is 1.28. The minimum atomic E-state index is -4.73. The van der Waals surface area contributed by atoms with Crippen LogP contribution in [0.15, 0.2) is 23.4 Å². The molecule has 0 fully saturated rings. The van der Waals surface area contributed by atoms with Crippen molar-refractivity contribution in [3.63, 3.8) is 0 Å². The van der Waals surface area contributed by atoms with Gasteiger partial charge in [-0.2, -0.15) is 28.4 Å². The fourth-order valence-electron chi connectivity index (χ4n) is 3.61. The third kappa shape index (κ3) is 4.18. The lowest BCUT2D eigenvalue weighted by Gasteiger charge is -2.28. The SMILES string of the molecule is COc1nc(N/N=C\C=N)c(Cl)cc1NC(=O)N1C[C@@](C)(C(F)(F)F)c2c1cnc1cc(Cl)nn21. The van der Waals surface area contributed by atoms with Crippen molar-refractivity contribution in [2.75, 3.05) is 29.3 Å². The fraction of sp³-hybridized carbons (Fsp3) is 0.263. The van der Waals surface area contributed by atoms with Crippen molar-refractivity contribution in [2.24, 2.45) is 5.10 Å². The van der Waals surface area contributed by atoms with E-state index in [1.54, 1.807) is 0 Å². The molecular weight excluding hydrogens is 514 g/mol. The van der Waals surface area contributed by atoms with Gasteiger partial charge < -0.3 is 15.5 Å². The standard InChI is InChI=1S/C19H16Cl2F3N9O2/c1-18(19(22,23)24)8-32(11-7-26-13-6-12(21)31-33(13)14(11)18)17(34)28-10-5-9(20)15(29-16(10)35-2)30-27-4-3-25/h3-7,25H,8H2,1-2H3,(H,28,34)(H,29,30)/b25-3?,27-4-/t18-/m1/s1. The molecule has 0 saturated heterocycles. The van der Waals surface area contributed by atoms with Gasteiger partial charge >= 0.3 is 12.2 Å². The Labute approximate surface area is 205 Å². The van der Waals surface area contributed by atoms with Gasteiger partial charge in [-0.25, -0.2) is 14.3 Å². The van der Waals surface area contributed by atoms with Crippen LogP contribution in [0, 0.1) is 5.41 Å². The molecule has 3 N–H and O–H groups in total. The maximum absolute atomic E-state index is 14.2. The lowest BCUT2D eigenvalue weighted by molar-refractivity contribution is -0.181. The van der Waals surface area contributed by atoms with E-state index >= 15 is 0 Å². The van der Waals surface area contributed by atoms with Crippen molar-refractivity contribution in [3.05, 3.63) is 34.2 Å². The zero-order valence-corrected chi connectivity index (χ0v) is 19.5. The zero-order chi connectivity index (χ0) is 25.5. The van der Waals surface area contributed by atoms with E-state index in [4.69, 9.17) is 33.3 Å². The highest BCUT2D eigenvalue weighted by molar-refractivity contribution is 6.33. The number of hydrogen-bond donors (Lipinski definition) is 3. The first-order chi connectivity index (χ1) is 16.5. The summed E-state index contributed by atoms with van der Waals surface area (Å²) in [6, 6.07) is 1.71. The molecule has 35 heavy (non-hydrogen) atoms. The zero-order valence-electron chi connectivity index (χ0n) is 18.0. The largest absolute Gasteiger partial charge is 0.479 e. The van der Waals surface area contributed by atoms with Crippen molar-refractivity contribution in [2.45, 2.75) is 18.5 Å². The molecular formula is C19H16Cl2F3N9O2. The molecule has 184 valence electrons. The quantitative estimate of drug-likeness (QED) is 0.332. The van der Waals surface area contributed by atoms with Crippen LogP contribution in [0.3, 0.4) is 0 Å². The highest BCUT2D eigenvalue weighted by atomic mass is 35.5. The molecule has 4 rings (SSSR count). The van der Waals surface area contributed by atoms with E-state index in [9.17, 15) is 18.0 Å². The van der Waals surface area contributed by atoms with Crippen molar-refractivity contribution < 1.29 is 22.7 Å². The summed E-state index contributed by atoms with van der Waals surface area (Å²) in [5.74, 6) is -0.0151. The van der Waals surface area contributed by atoms with E-state index in [1.807, 2.05) is 0 Å². The average molecular weight is 530 g/mol. The second-order valence-corrected chi connectivity index (χ2v) is 8.30. The Bertz CT molecular complexity index is 1360. The van der Waals surface area contributed by atoms with E-state index in [0.717, 1.165) is 35.0 Å². The Morgan fingerprint density at radius 2 is 2.11 bits per heavy atom. The van der Waals surface area contributed by atoms with E-state index in [-0.39, 0.29) is 44.6 Å². The van der Waals surface area contributed by atoms with Gasteiger partial charge in [0.2, 0.25) is 5.88 Å². The molecule has 0 spiro atoms. The second-order valence-electron chi connectivity index (χ2n) is 7.51. The van der Waals surface area contributed by atoms with Gasteiger partial charge in [-0.1, -0.05) is 23.2 Å². The summed E-state index contributed by atoms with van der Waals surface area (Å²) >= 11 is 12.1. The van der Waals surface area contributed by atoms with Crippen LogP contribution >= 0.6 is 23.2 Å². The number of aromatic nitrogens is 4. The smallest absolute Gasteiger partial charge is 0.401 e. The second kappa shape index (κ2) is 8.85. The van der Waals surface area contributed by atoms with Crippen molar-refractivity contribution in [3.8, 4) is 5.88 Å². The number of anilines is 3. The predicted molar refractivity (Wildman–Crippen MR) is 124 cm³/mol. The van der Waals surface area contributed by atoms with Gasteiger partial charge in [-0.3, -0.25) is 10.3 Å². The lowest BCUT2D eigenvalue weighted by Crippen LogP contribution is -2.46. The third-order valence-electron chi connectivity index (χ3n) is 5.29. The molecule has 3 aromatic rings. The summed E-state index contributed by atoms with van der Waals surface area (Å²) in [5.41, 5.74) is -0.213. The molecule has 0 aliphatic carbocycles. The highest BCUT2D eigenvalue weighted by Crippen LogP contribution is 2.50. The summed E-state index contributed by atoms with van der Waals surface area (Å²) < 4.78 is 48.9. The molecule has 0 radical (unpaired) electrons. The first-order valence-electron chi connectivity index (χ1n) is 9.73. The van der Waals surface area contributed by atoms with E-state index < -0.39 is 24.2 Å². The molecule has 0 unspecified atom stereocenters. The molecule has 0 bridgehead atoms. The van der Waals surface area contributed by atoms with E-state index in [0.29, 0.717) is 0 Å². The fourth-order valence-corrected chi connectivity index (χ4v) is 3.97. The van der Waals surface area contributed by atoms with Gasteiger partial charge in [0.15, 0.2) is 16.6 Å². The van der Waals surface area contributed by atoms with Crippen LogP contribution in [-0.2, 0) is 5.41 Å².